The van der Waals surface area contributed by atoms with Gasteiger partial charge in [-0.3, -0.25) is 9.97 Å². The Kier molecular flexibility index (Phi) is 17.7. The molecule has 0 bridgehead atoms. The lowest BCUT2D eigenvalue weighted by molar-refractivity contribution is 1.14. The highest BCUT2D eigenvalue weighted by atomic mass is 14.9. The minimum Gasteiger partial charge on any atom is -0.265 e. The van der Waals surface area contributed by atoms with Gasteiger partial charge in [0.15, 0.2) is 11.6 Å². The first-order valence-electron chi connectivity index (χ1n) is 21.2. The van der Waals surface area contributed by atoms with Crippen molar-refractivity contribution >= 4 is 0 Å². The molecule has 0 atom stereocenters. The van der Waals surface area contributed by atoms with Crippen molar-refractivity contribution in [3.05, 3.63) is 254 Å². The Morgan fingerprint density at radius 3 is 1.17 bits per heavy atom. The Morgan fingerprint density at radius 2 is 0.662 bits per heavy atom. The van der Waals surface area contributed by atoms with Crippen molar-refractivity contribution < 1.29 is 0 Å². The van der Waals surface area contributed by atoms with E-state index >= 15 is 0 Å². The molecule has 0 aliphatic heterocycles. The van der Waals surface area contributed by atoms with Crippen molar-refractivity contribution in [1.82, 2.24) is 39.9 Å². The lowest BCUT2D eigenvalue weighted by Crippen LogP contribution is -1.88. The van der Waals surface area contributed by atoms with Crippen LogP contribution in [-0.4, -0.2) is 39.9 Å². The van der Waals surface area contributed by atoms with Crippen LogP contribution in [0.2, 0.25) is 0 Å². The average Bonchev–Trinajstić information content (AvgIpc) is 3.37. The number of nitrogens with zero attached hydrogens (tertiary/aromatic N) is 8. The first kappa shape index (κ1) is 46.2. The molecule has 10 aromatic rings. The van der Waals surface area contributed by atoms with Gasteiger partial charge in [-0.25, -0.2) is 29.9 Å². The maximum atomic E-state index is 4.24. The normalized spacial score (nSPS) is 9.92. The van der Waals surface area contributed by atoms with Gasteiger partial charge in [0.1, 0.15) is 6.33 Å². The summed E-state index contributed by atoms with van der Waals surface area (Å²) in [5, 5.41) is 0. The van der Waals surface area contributed by atoms with E-state index in [2.05, 4.69) is 152 Å². The van der Waals surface area contributed by atoms with Crippen molar-refractivity contribution in [2.45, 2.75) is 34.6 Å². The quantitative estimate of drug-likeness (QED) is 0.169. The molecule has 0 spiro atoms. The summed E-state index contributed by atoms with van der Waals surface area (Å²) >= 11 is 0. The van der Waals surface area contributed by atoms with Crippen molar-refractivity contribution in [2.24, 2.45) is 0 Å². The summed E-state index contributed by atoms with van der Waals surface area (Å²) in [6.45, 7) is 10.3. The summed E-state index contributed by atoms with van der Waals surface area (Å²) in [6.07, 6.45) is 19.6. The third-order valence-electron chi connectivity index (χ3n) is 9.73. The van der Waals surface area contributed by atoms with Gasteiger partial charge < -0.3 is 0 Å². The summed E-state index contributed by atoms with van der Waals surface area (Å²) in [5.74, 6) is 1.56. The predicted molar refractivity (Wildman–Crippen MR) is 265 cm³/mol. The fraction of sp³-hybridized carbons (Fsp3) is 0.0877. The van der Waals surface area contributed by atoms with Crippen molar-refractivity contribution in [3.63, 3.8) is 0 Å². The molecule has 5 aromatic carbocycles. The number of pyridine rings is 2. The predicted octanol–water partition coefficient (Wildman–Crippen LogP) is 13.5. The number of aromatic nitrogens is 8. The summed E-state index contributed by atoms with van der Waals surface area (Å²) in [4.78, 5) is 32.7. The maximum Gasteiger partial charge on any atom is 0.159 e. The van der Waals surface area contributed by atoms with E-state index in [9.17, 15) is 0 Å². The van der Waals surface area contributed by atoms with Crippen molar-refractivity contribution in [2.75, 3.05) is 0 Å². The van der Waals surface area contributed by atoms with Crippen molar-refractivity contribution in [1.29, 1.82) is 0 Å². The molecule has 5 aromatic heterocycles. The van der Waals surface area contributed by atoms with Gasteiger partial charge in [0.05, 0.1) is 0 Å². The van der Waals surface area contributed by atoms with Crippen LogP contribution in [0.5, 0.6) is 0 Å². The van der Waals surface area contributed by atoms with Gasteiger partial charge in [-0.15, -0.1) is 0 Å². The molecule has 0 saturated carbocycles. The Labute approximate surface area is 383 Å². The molecule has 10 rings (SSSR count). The monoisotopic (exact) mass is 848 g/mol. The zero-order valence-corrected chi connectivity index (χ0v) is 37.4. The molecule has 0 fully saturated rings. The number of aryl methyl sites for hydroxylation is 5. The molecule has 65 heavy (non-hydrogen) atoms. The summed E-state index contributed by atoms with van der Waals surface area (Å²) in [5.41, 5.74) is 15.4. The minimum absolute atomic E-state index is 0.780. The first-order valence-corrected chi connectivity index (χ1v) is 21.2. The summed E-state index contributed by atoms with van der Waals surface area (Å²) < 4.78 is 0. The smallest absolute Gasteiger partial charge is 0.159 e. The number of benzene rings is 5. The van der Waals surface area contributed by atoms with Crippen LogP contribution in [0.3, 0.4) is 0 Å². The molecule has 0 saturated heterocycles. The summed E-state index contributed by atoms with van der Waals surface area (Å²) in [6, 6.07) is 53.3. The van der Waals surface area contributed by atoms with Crippen LogP contribution in [0.15, 0.2) is 226 Å². The third-order valence-corrected chi connectivity index (χ3v) is 9.73. The van der Waals surface area contributed by atoms with Gasteiger partial charge in [-0.05, 0) is 98.3 Å². The molecule has 8 nitrogen and oxygen atoms in total. The molecule has 8 heteroatoms. The van der Waals surface area contributed by atoms with Crippen LogP contribution in [0.1, 0.15) is 27.8 Å². The standard InChI is InChI=1S/2C12H11N.3C11H10N2/c1-10-2-4-11(5-3-10)12-6-8-13-9-7-12;1-10-3-2-4-12(9-10)11-5-7-13-8-6-11;1-9-3-5-10(6-4-9)11-12-7-2-8-13-11;1-9-2-4-10(5-3-9)11-6-12-8-13-7-11;1-9-7-12-11(13-8-9)10-5-3-2-4-6-10/h2*2-9H,1H3;3*2-8H,1H3. The number of rotatable bonds is 5. The molecule has 0 aliphatic rings. The lowest BCUT2D eigenvalue weighted by Gasteiger charge is -2.01. The van der Waals surface area contributed by atoms with Crippen LogP contribution in [0.25, 0.3) is 56.2 Å². The number of hydrogen-bond donors (Lipinski definition) is 0. The van der Waals surface area contributed by atoms with E-state index in [4.69, 9.17) is 0 Å². The maximum absolute atomic E-state index is 4.24. The SMILES string of the molecule is Cc1ccc(-c2ccncc2)cc1.Cc1ccc(-c2cncnc2)cc1.Cc1ccc(-c2ncccn2)cc1.Cc1cccc(-c2ccncc2)c1.Cc1cnc(-c2ccccc2)nc1. The van der Waals surface area contributed by atoms with E-state index in [1.54, 1.807) is 12.4 Å². The molecular weight excluding hydrogens is 797 g/mol. The van der Waals surface area contributed by atoms with Crippen LogP contribution < -0.4 is 0 Å². The molecule has 320 valence electrons. The molecule has 0 aliphatic carbocycles. The van der Waals surface area contributed by atoms with Gasteiger partial charge in [0.2, 0.25) is 0 Å². The summed E-state index contributed by atoms with van der Waals surface area (Å²) in [7, 11) is 0. The molecule has 0 unspecified atom stereocenters. The van der Waals surface area contributed by atoms with E-state index in [1.807, 2.05) is 129 Å². The third kappa shape index (κ3) is 15.5. The van der Waals surface area contributed by atoms with E-state index in [1.165, 1.54) is 50.8 Å². The second-order valence-corrected chi connectivity index (χ2v) is 15.1. The highest BCUT2D eigenvalue weighted by Crippen LogP contribution is 2.20. The Balaban J connectivity index is 0.000000135. The van der Waals surface area contributed by atoms with E-state index < -0.39 is 0 Å². The van der Waals surface area contributed by atoms with Crippen LogP contribution in [-0.2, 0) is 0 Å². The minimum atomic E-state index is 0.780. The largest absolute Gasteiger partial charge is 0.265 e. The molecular formula is C57H52N8. The van der Waals surface area contributed by atoms with Crippen LogP contribution >= 0.6 is 0 Å². The highest BCUT2D eigenvalue weighted by molar-refractivity contribution is 5.64. The van der Waals surface area contributed by atoms with Crippen LogP contribution in [0.4, 0.5) is 0 Å². The second kappa shape index (κ2) is 24.9. The molecule has 0 amide bonds. The lowest BCUT2D eigenvalue weighted by atomic mass is 10.1. The first-order chi connectivity index (χ1) is 31.8. The number of hydrogen-bond acceptors (Lipinski definition) is 8. The fourth-order valence-corrected chi connectivity index (χ4v) is 6.13. The van der Waals surface area contributed by atoms with Crippen molar-refractivity contribution in [3.8, 4) is 56.2 Å². The molecule has 0 radical (unpaired) electrons. The fourth-order valence-electron chi connectivity index (χ4n) is 6.13. The van der Waals surface area contributed by atoms with Gasteiger partial charge in [0, 0.05) is 78.7 Å². The molecule has 5 heterocycles. The second-order valence-electron chi connectivity index (χ2n) is 15.1. The highest BCUT2D eigenvalue weighted by Gasteiger charge is 2.00. The van der Waals surface area contributed by atoms with Gasteiger partial charge in [-0.1, -0.05) is 150 Å². The van der Waals surface area contributed by atoms with Gasteiger partial charge in [0.25, 0.3) is 0 Å². The van der Waals surface area contributed by atoms with Crippen LogP contribution in [0, 0.1) is 34.6 Å². The zero-order valence-electron chi connectivity index (χ0n) is 37.4. The Morgan fingerprint density at radius 1 is 0.246 bits per heavy atom. The average molecular weight is 849 g/mol. The van der Waals surface area contributed by atoms with Gasteiger partial charge in [-0.2, -0.15) is 0 Å². The topological polar surface area (TPSA) is 103 Å². The van der Waals surface area contributed by atoms with E-state index in [0.29, 0.717) is 0 Å². The van der Waals surface area contributed by atoms with Gasteiger partial charge >= 0.3 is 0 Å². The zero-order chi connectivity index (χ0) is 45.5. The van der Waals surface area contributed by atoms with E-state index in [0.717, 1.165) is 39.5 Å². The Bertz CT molecular complexity index is 2520. The Hall–Kier alpha value is -8.36. The molecule has 0 N–H and O–H groups in total. The van der Waals surface area contributed by atoms with E-state index in [-0.39, 0.29) is 0 Å².